The first kappa shape index (κ1) is 12.0. The van der Waals surface area contributed by atoms with Gasteiger partial charge in [-0.15, -0.1) is 0 Å². The zero-order valence-electron chi connectivity index (χ0n) is 8.94. The summed E-state index contributed by atoms with van der Waals surface area (Å²) in [6.45, 7) is 2.79. The summed E-state index contributed by atoms with van der Waals surface area (Å²) in [5.74, 6) is 5.72. The van der Waals surface area contributed by atoms with Crippen LogP contribution in [0.25, 0.3) is 0 Å². The Labute approximate surface area is 89.6 Å². The van der Waals surface area contributed by atoms with E-state index in [4.69, 9.17) is 16.4 Å². The third-order valence-corrected chi connectivity index (χ3v) is 2.27. The largest absolute Gasteiger partial charge is 0.385 e. The minimum absolute atomic E-state index is 0.125. The SMILES string of the molecule is CCNOC1C=CC(/C(N)=N/NN)CC1. The van der Waals surface area contributed by atoms with Crippen LogP contribution in [0.3, 0.4) is 0 Å². The Morgan fingerprint density at radius 3 is 2.87 bits per heavy atom. The molecule has 0 radical (unpaired) electrons. The number of hydrogen-bond acceptors (Lipinski definition) is 5. The number of hydrazone groups is 1. The van der Waals surface area contributed by atoms with E-state index in [9.17, 15) is 0 Å². The molecule has 6 nitrogen and oxygen atoms in total. The van der Waals surface area contributed by atoms with E-state index in [1.54, 1.807) is 0 Å². The maximum Gasteiger partial charge on any atom is 0.128 e. The third kappa shape index (κ3) is 3.86. The van der Waals surface area contributed by atoms with E-state index in [0.29, 0.717) is 5.84 Å². The molecule has 0 fully saturated rings. The zero-order chi connectivity index (χ0) is 11.1. The summed E-state index contributed by atoms with van der Waals surface area (Å²) in [5.41, 5.74) is 10.7. The van der Waals surface area contributed by atoms with Crippen LogP contribution in [0, 0.1) is 5.92 Å². The van der Waals surface area contributed by atoms with E-state index in [1.807, 2.05) is 19.1 Å². The molecule has 0 aromatic heterocycles. The third-order valence-electron chi connectivity index (χ3n) is 2.27. The first-order valence-electron chi connectivity index (χ1n) is 5.13. The van der Waals surface area contributed by atoms with E-state index in [2.05, 4.69) is 16.1 Å². The maximum absolute atomic E-state index is 5.70. The summed E-state index contributed by atoms with van der Waals surface area (Å²) in [4.78, 5) is 5.36. The minimum atomic E-state index is 0.125. The predicted molar refractivity (Wildman–Crippen MR) is 59.4 cm³/mol. The first-order valence-corrected chi connectivity index (χ1v) is 5.13. The molecule has 0 aromatic rings. The second-order valence-electron chi connectivity index (χ2n) is 3.39. The molecule has 1 aliphatic rings. The maximum atomic E-state index is 5.70. The van der Waals surface area contributed by atoms with Crippen LogP contribution < -0.4 is 22.6 Å². The Balaban J connectivity index is 2.40. The van der Waals surface area contributed by atoms with E-state index >= 15 is 0 Å². The van der Waals surface area contributed by atoms with Gasteiger partial charge in [0.1, 0.15) is 5.84 Å². The van der Waals surface area contributed by atoms with Crippen molar-refractivity contribution < 1.29 is 4.84 Å². The number of nitrogens with two attached hydrogens (primary N) is 2. The van der Waals surface area contributed by atoms with Crippen molar-refractivity contribution in [1.82, 2.24) is 11.0 Å². The van der Waals surface area contributed by atoms with Gasteiger partial charge in [0.15, 0.2) is 0 Å². The molecular formula is C9H19N5O. The number of nitrogens with one attached hydrogen (secondary N) is 2. The molecule has 0 spiro atoms. The van der Waals surface area contributed by atoms with Gasteiger partial charge in [-0.3, -0.25) is 4.84 Å². The quantitative estimate of drug-likeness (QED) is 0.164. The van der Waals surface area contributed by atoms with Crippen LogP contribution in [0.2, 0.25) is 0 Å². The number of nitrogens with zero attached hydrogens (tertiary/aromatic N) is 1. The van der Waals surface area contributed by atoms with E-state index in [-0.39, 0.29) is 12.0 Å². The Kier molecular flexibility index (Phi) is 5.09. The molecule has 0 heterocycles. The van der Waals surface area contributed by atoms with Crippen LogP contribution in [0.1, 0.15) is 19.8 Å². The molecule has 2 atom stereocenters. The van der Waals surface area contributed by atoms with Gasteiger partial charge in [0.2, 0.25) is 0 Å². The lowest BCUT2D eigenvalue weighted by molar-refractivity contribution is -0.00432. The van der Waals surface area contributed by atoms with Crippen molar-refractivity contribution in [2.45, 2.75) is 25.9 Å². The Bertz CT molecular complexity index is 241. The van der Waals surface area contributed by atoms with Crippen molar-refractivity contribution in [3.63, 3.8) is 0 Å². The molecule has 0 aliphatic heterocycles. The highest BCUT2D eigenvalue weighted by Gasteiger charge is 2.18. The van der Waals surface area contributed by atoms with Crippen LogP contribution in [-0.4, -0.2) is 18.5 Å². The fourth-order valence-corrected chi connectivity index (χ4v) is 1.49. The summed E-state index contributed by atoms with van der Waals surface area (Å²) in [7, 11) is 0. The van der Waals surface area contributed by atoms with Crippen LogP contribution in [0.4, 0.5) is 0 Å². The fraction of sp³-hybridized carbons (Fsp3) is 0.667. The van der Waals surface area contributed by atoms with Crippen molar-refractivity contribution in [3.05, 3.63) is 12.2 Å². The average molecular weight is 213 g/mol. The van der Waals surface area contributed by atoms with Crippen LogP contribution in [0.5, 0.6) is 0 Å². The number of rotatable bonds is 5. The molecular weight excluding hydrogens is 194 g/mol. The minimum Gasteiger partial charge on any atom is -0.385 e. The standard InChI is InChI=1S/C9H19N5O/c1-2-12-15-8-5-3-7(4-6-8)9(10)13-14-11/h3,5,7-8,12,14H,2,4,6,11H2,1H3,(H2,10,13). The van der Waals surface area contributed by atoms with E-state index in [1.165, 1.54) is 0 Å². The summed E-state index contributed by atoms with van der Waals surface area (Å²) in [6, 6.07) is 0. The highest BCUT2D eigenvalue weighted by molar-refractivity contribution is 5.84. The van der Waals surface area contributed by atoms with Crippen molar-refractivity contribution in [3.8, 4) is 0 Å². The molecule has 0 saturated carbocycles. The number of hydrogen-bond donors (Lipinski definition) is 4. The average Bonchev–Trinajstić information content (AvgIpc) is 2.27. The lowest BCUT2D eigenvalue weighted by atomic mass is 9.93. The lowest BCUT2D eigenvalue weighted by Crippen LogP contribution is -2.32. The summed E-state index contributed by atoms with van der Waals surface area (Å²) >= 11 is 0. The van der Waals surface area contributed by atoms with Gasteiger partial charge < -0.3 is 5.73 Å². The predicted octanol–water partition coefficient (Wildman–Crippen LogP) is -0.402. The van der Waals surface area contributed by atoms with Gasteiger partial charge >= 0.3 is 0 Å². The van der Waals surface area contributed by atoms with Gasteiger partial charge in [-0.1, -0.05) is 19.1 Å². The van der Waals surface area contributed by atoms with Gasteiger partial charge in [-0.25, -0.2) is 16.9 Å². The van der Waals surface area contributed by atoms with Crippen LogP contribution in [0.15, 0.2) is 17.3 Å². The van der Waals surface area contributed by atoms with Gasteiger partial charge in [-0.05, 0) is 12.8 Å². The second kappa shape index (κ2) is 6.39. The molecule has 6 heteroatoms. The first-order chi connectivity index (χ1) is 7.27. The molecule has 6 N–H and O–H groups in total. The van der Waals surface area contributed by atoms with Crippen molar-refractivity contribution in [2.24, 2.45) is 22.6 Å². The Morgan fingerprint density at radius 2 is 2.33 bits per heavy atom. The molecule has 1 rings (SSSR count). The van der Waals surface area contributed by atoms with Crippen LogP contribution in [-0.2, 0) is 4.84 Å². The van der Waals surface area contributed by atoms with Crippen molar-refractivity contribution >= 4 is 5.84 Å². The topological polar surface area (TPSA) is 97.7 Å². The molecule has 86 valence electrons. The summed E-state index contributed by atoms with van der Waals surface area (Å²) in [6.07, 6.45) is 5.97. The molecule has 15 heavy (non-hydrogen) atoms. The van der Waals surface area contributed by atoms with Crippen molar-refractivity contribution in [2.75, 3.05) is 6.54 Å². The number of amidine groups is 1. The van der Waals surface area contributed by atoms with Crippen LogP contribution >= 0.6 is 0 Å². The lowest BCUT2D eigenvalue weighted by Gasteiger charge is -2.22. The normalized spacial score (nSPS) is 26.7. The molecule has 0 amide bonds. The molecule has 0 bridgehead atoms. The van der Waals surface area contributed by atoms with Gasteiger partial charge in [0.05, 0.1) is 6.10 Å². The van der Waals surface area contributed by atoms with Gasteiger partial charge in [-0.2, -0.15) is 5.10 Å². The smallest absolute Gasteiger partial charge is 0.128 e. The molecule has 2 unspecified atom stereocenters. The molecule has 0 aromatic carbocycles. The monoisotopic (exact) mass is 213 g/mol. The van der Waals surface area contributed by atoms with E-state index < -0.39 is 0 Å². The van der Waals surface area contributed by atoms with E-state index in [0.717, 1.165) is 19.4 Å². The zero-order valence-corrected chi connectivity index (χ0v) is 8.94. The molecule has 0 saturated heterocycles. The van der Waals surface area contributed by atoms with Crippen molar-refractivity contribution in [1.29, 1.82) is 0 Å². The summed E-state index contributed by atoms with van der Waals surface area (Å²) in [5, 5.41) is 3.75. The number of hydroxylamine groups is 1. The second-order valence-corrected chi connectivity index (χ2v) is 3.39. The summed E-state index contributed by atoms with van der Waals surface area (Å²) < 4.78 is 0. The van der Waals surface area contributed by atoms with Gasteiger partial charge in [0, 0.05) is 12.5 Å². The fourth-order valence-electron chi connectivity index (χ4n) is 1.49. The Morgan fingerprint density at radius 1 is 1.53 bits per heavy atom. The Hall–Kier alpha value is -1.11. The highest BCUT2D eigenvalue weighted by atomic mass is 16.7. The highest BCUT2D eigenvalue weighted by Crippen LogP contribution is 2.19. The molecule has 1 aliphatic carbocycles. The van der Waals surface area contributed by atoms with Gasteiger partial charge in [0.25, 0.3) is 0 Å². The number of hydrazine groups is 1.